The molecule has 0 aliphatic carbocycles. The first kappa shape index (κ1) is 15.1. The van der Waals surface area contributed by atoms with Crippen LogP contribution < -0.4 is 0 Å². The van der Waals surface area contributed by atoms with E-state index in [-0.39, 0.29) is 5.92 Å². The molecule has 114 valence electrons. The van der Waals surface area contributed by atoms with Crippen molar-refractivity contribution in [2.45, 2.75) is 26.7 Å². The summed E-state index contributed by atoms with van der Waals surface area (Å²) in [6.07, 6.45) is 0. The third kappa shape index (κ3) is 3.02. The number of hydrogen-bond donors (Lipinski definition) is 1. The molecule has 2 heterocycles. The Bertz CT molecular complexity index is 867. The van der Waals surface area contributed by atoms with E-state index in [4.69, 9.17) is 10.2 Å². The van der Waals surface area contributed by atoms with E-state index in [1.807, 2.05) is 49.4 Å². The largest absolute Gasteiger partial charge is 0.362 e. The predicted molar refractivity (Wildman–Crippen MR) is 93.0 cm³/mol. The highest BCUT2D eigenvalue weighted by molar-refractivity contribution is 5.68. The minimum absolute atomic E-state index is 0.0891. The Morgan fingerprint density at radius 1 is 1.04 bits per heavy atom. The highest BCUT2D eigenvalue weighted by Gasteiger charge is 2.09. The van der Waals surface area contributed by atoms with Crippen LogP contribution in [0.3, 0.4) is 0 Å². The Labute approximate surface area is 136 Å². The zero-order valence-electron chi connectivity index (χ0n) is 13.6. The van der Waals surface area contributed by atoms with Crippen molar-refractivity contribution in [3.8, 4) is 28.6 Å². The molecule has 0 amide bonds. The summed E-state index contributed by atoms with van der Waals surface area (Å²) in [6.45, 7) is 6.02. The van der Waals surface area contributed by atoms with Gasteiger partial charge in [-0.1, -0.05) is 30.3 Å². The molecule has 3 nitrogen and oxygen atoms in total. The molecule has 0 saturated heterocycles. The number of pyridine rings is 1. The topological polar surface area (TPSA) is 52.5 Å². The summed E-state index contributed by atoms with van der Waals surface area (Å²) in [5.74, 6) is -0.0891. The molecule has 2 aromatic heterocycles. The Morgan fingerprint density at radius 3 is 2.35 bits per heavy atom. The van der Waals surface area contributed by atoms with Gasteiger partial charge in [0.2, 0.25) is 0 Å². The number of nitrogens with one attached hydrogen (secondary N) is 1. The number of hydrogen-bond acceptors (Lipinski definition) is 2. The minimum Gasteiger partial charge on any atom is -0.362 e. The monoisotopic (exact) mass is 301 g/mol. The molecular formula is C20H19N3. The van der Waals surface area contributed by atoms with Crippen molar-refractivity contribution in [2.24, 2.45) is 0 Å². The molecular weight excluding hydrogens is 282 g/mol. The lowest BCUT2D eigenvalue weighted by atomic mass is 10.00. The van der Waals surface area contributed by atoms with Crippen molar-refractivity contribution in [2.75, 3.05) is 0 Å². The number of nitrogens with zero attached hydrogens (tertiary/aromatic N) is 2. The van der Waals surface area contributed by atoms with E-state index >= 15 is 0 Å². The molecule has 1 unspecified atom stereocenters. The van der Waals surface area contributed by atoms with Crippen LogP contribution in [0.5, 0.6) is 0 Å². The summed E-state index contributed by atoms with van der Waals surface area (Å²) in [5, 5.41) is 9.00. The van der Waals surface area contributed by atoms with Crippen LogP contribution in [0.1, 0.15) is 29.8 Å². The molecule has 1 atom stereocenters. The number of aryl methyl sites for hydroxylation is 2. The Morgan fingerprint density at radius 2 is 1.74 bits per heavy atom. The Hall–Kier alpha value is -2.86. The van der Waals surface area contributed by atoms with Crippen molar-refractivity contribution in [1.29, 1.82) is 5.26 Å². The smallest absolute Gasteiger partial charge is 0.0727 e. The van der Waals surface area contributed by atoms with Gasteiger partial charge in [0, 0.05) is 22.5 Å². The average molecular weight is 301 g/mol. The van der Waals surface area contributed by atoms with Crippen LogP contribution in [0.15, 0.2) is 48.5 Å². The van der Waals surface area contributed by atoms with E-state index in [0.717, 1.165) is 39.5 Å². The van der Waals surface area contributed by atoms with E-state index in [9.17, 15) is 0 Å². The van der Waals surface area contributed by atoms with Gasteiger partial charge in [0.25, 0.3) is 0 Å². The first-order valence-electron chi connectivity index (χ1n) is 7.72. The van der Waals surface area contributed by atoms with Crippen molar-refractivity contribution >= 4 is 0 Å². The van der Waals surface area contributed by atoms with Crippen LogP contribution in [-0.4, -0.2) is 9.97 Å². The van der Waals surface area contributed by atoms with Gasteiger partial charge in [-0.15, -0.1) is 0 Å². The second kappa shape index (κ2) is 6.10. The maximum atomic E-state index is 9.00. The molecule has 0 aliphatic heterocycles. The predicted octanol–water partition coefficient (Wildman–Crippen LogP) is 4.99. The van der Waals surface area contributed by atoms with Crippen molar-refractivity contribution in [3.63, 3.8) is 0 Å². The molecule has 1 N–H and O–H groups in total. The molecule has 0 fully saturated rings. The molecule has 23 heavy (non-hydrogen) atoms. The normalized spacial score (nSPS) is 11.9. The maximum Gasteiger partial charge on any atom is 0.0727 e. The van der Waals surface area contributed by atoms with Gasteiger partial charge < -0.3 is 4.98 Å². The van der Waals surface area contributed by atoms with Crippen LogP contribution in [0.4, 0.5) is 0 Å². The van der Waals surface area contributed by atoms with E-state index in [2.05, 4.69) is 31.0 Å². The molecule has 3 aromatic rings. The minimum atomic E-state index is -0.0891. The number of H-pyrrole nitrogens is 1. The lowest BCUT2D eigenvalue weighted by Crippen LogP contribution is -1.91. The van der Waals surface area contributed by atoms with Gasteiger partial charge in [0.05, 0.1) is 23.4 Å². The molecule has 3 heteroatoms. The van der Waals surface area contributed by atoms with E-state index in [0.29, 0.717) is 0 Å². The molecule has 0 aliphatic rings. The Kier molecular flexibility index (Phi) is 3.99. The first-order chi connectivity index (χ1) is 11.1. The molecule has 0 saturated carbocycles. The number of rotatable bonds is 3. The Balaban J connectivity index is 1.97. The average Bonchev–Trinajstić information content (AvgIpc) is 2.93. The van der Waals surface area contributed by atoms with Crippen molar-refractivity contribution < 1.29 is 0 Å². The summed E-state index contributed by atoms with van der Waals surface area (Å²) in [5.41, 5.74) is 7.41. The van der Waals surface area contributed by atoms with Crippen molar-refractivity contribution in [1.82, 2.24) is 9.97 Å². The van der Waals surface area contributed by atoms with E-state index in [1.165, 1.54) is 0 Å². The summed E-state index contributed by atoms with van der Waals surface area (Å²) in [4.78, 5) is 8.12. The second-order valence-electron chi connectivity index (χ2n) is 5.87. The third-order valence-electron chi connectivity index (χ3n) is 4.07. The molecule has 0 radical (unpaired) electrons. The maximum absolute atomic E-state index is 9.00. The van der Waals surface area contributed by atoms with Gasteiger partial charge >= 0.3 is 0 Å². The number of aromatic nitrogens is 2. The fraction of sp³-hybridized carbons (Fsp3) is 0.200. The zero-order chi connectivity index (χ0) is 16.4. The third-order valence-corrected chi connectivity index (χ3v) is 4.07. The quantitative estimate of drug-likeness (QED) is 0.741. The highest BCUT2D eigenvalue weighted by Crippen LogP contribution is 2.26. The zero-order valence-corrected chi connectivity index (χ0v) is 13.6. The second-order valence-corrected chi connectivity index (χ2v) is 5.87. The molecule has 3 rings (SSSR count). The fourth-order valence-electron chi connectivity index (χ4n) is 2.75. The van der Waals surface area contributed by atoms with Crippen molar-refractivity contribution in [3.05, 3.63) is 65.5 Å². The number of benzene rings is 1. The SMILES string of the molecule is Cc1cc(-c2cccc(-c3ccc(C(C)C#N)cc3)n2)c(C)[nH]1. The highest BCUT2D eigenvalue weighted by atomic mass is 14.8. The van der Waals surface area contributed by atoms with Gasteiger partial charge in [0.1, 0.15) is 0 Å². The van der Waals surface area contributed by atoms with Gasteiger partial charge in [-0.05, 0) is 44.5 Å². The van der Waals surface area contributed by atoms with E-state index in [1.54, 1.807) is 0 Å². The van der Waals surface area contributed by atoms with Crippen LogP contribution in [0.2, 0.25) is 0 Å². The fourth-order valence-corrected chi connectivity index (χ4v) is 2.75. The van der Waals surface area contributed by atoms with Gasteiger partial charge in [-0.25, -0.2) is 4.98 Å². The van der Waals surface area contributed by atoms with E-state index < -0.39 is 0 Å². The summed E-state index contributed by atoms with van der Waals surface area (Å²) >= 11 is 0. The van der Waals surface area contributed by atoms with Crippen LogP contribution in [0.25, 0.3) is 22.5 Å². The van der Waals surface area contributed by atoms with Gasteiger partial charge in [-0.2, -0.15) is 5.26 Å². The van der Waals surface area contributed by atoms with Crippen LogP contribution in [0, 0.1) is 25.2 Å². The number of aromatic amines is 1. The van der Waals surface area contributed by atoms with Crippen LogP contribution >= 0.6 is 0 Å². The molecule has 0 bridgehead atoms. The van der Waals surface area contributed by atoms with Gasteiger partial charge in [-0.3, -0.25) is 0 Å². The molecule has 1 aromatic carbocycles. The standard InChI is InChI=1S/C20H19N3/c1-13(12-21)16-7-9-17(10-8-16)19-5-4-6-20(23-19)18-11-14(2)22-15(18)3/h4-11,13,22H,1-3H3. The molecule has 0 spiro atoms. The summed E-state index contributed by atoms with van der Waals surface area (Å²) in [7, 11) is 0. The summed E-state index contributed by atoms with van der Waals surface area (Å²) < 4.78 is 0. The lowest BCUT2D eigenvalue weighted by molar-refractivity contribution is 0.982. The van der Waals surface area contributed by atoms with Crippen LogP contribution in [-0.2, 0) is 0 Å². The number of nitriles is 1. The van der Waals surface area contributed by atoms with Gasteiger partial charge in [0.15, 0.2) is 0 Å². The summed E-state index contributed by atoms with van der Waals surface area (Å²) in [6, 6.07) is 18.5. The lowest BCUT2D eigenvalue weighted by Gasteiger charge is -2.07. The first-order valence-corrected chi connectivity index (χ1v) is 7.72.